The predicted octanol–water partition coefficient (Wildman–Crippen LogP) is 3.89. The van der Waals surface area contributed by atoms with Crippen LogP contribution in [0.4, 0.5) is 5.69 Å². The van der Waals surface area contributed by atoms with Gasteiger partial charge in [-0.25, -0.2) is 4.98 Å². The number of hydrogen-bond acceptors (Lipinski definition) is 5. The average Bonchev–Trinajstić information content (AvgIpc) is 3.18. The summed E-state index contributed by atoms with van der Waals surface area (Å²) in [6.07, 6.45) is 0. The van der Waals surface area contributed by atoms with Gasteiger partial charge in [-0.05, 0) is 26.0 Å². The van der Waals surface area contributed by atoms with Gasteiger partial charge in [0.1, 0.15) is 16.5 Å². The monoisotopic (exact) mass is 395 g/mol. The second-order valence-electron chi connectivity index (χ2n) is 6.13. The lowest BCUT2D eigenvalue weighted by molar-refractivity contribution is -0.122. The zero-order chi connectivity index (χ0) is 19.9. The molecule has 0 unspecified atom stereocenters. The Kier molecular flexibility index (Phi) is 6.39. The van der Waals surface area contributed by atoms with E-state index in [2.05, 4.69) is 15.6 Å². The van der Waals surface area contributed by atoms with Crippen LogP contribution in [0.3, 0.4) is 0 Å². The summed E-state index contributed by atoms with van der Waals surface area (Å²) >= 11 is 1.43. The molecule has 0 bridgehead atoms. The van der Waals surface area contributed by atoms with Gasteiger partial charge in [0, 0.05) is 29.2 Å². The second-order valence-corrected chi connectivity index (χ2v) is 6.99. The molecule has 0 saturated carbocycles. The number of rotatable bonds is 7. The average molecular weight is 395 g/mol. The van der Waals surface area contributed by atoms with Gasteiger partial charge in [0.2, 0.25) is 0 Å². The summed E-state index contributed by atoms with van der Waals surface area (Å²) in [5.74, 6) is 0.0150. The number of benzene rings is 2. The maximum Gasteiger partial charge on any atom is 0.275 e. The summed E-state index contributed by atoms with van der Waals surface area (Å²) in [6.45, 7) is 4.35. The predicted molar refractivity (Wildman–Crippen MR) is 111 cm³/mol. The van der Waals surface area contributed by atoms with Crippen molar-refractivity contribution in [3.8, 4) is 16.3 Å². The summed E-state index contributed by atoms with van der Waals surface area (Å²) in [4.78, 5) is 28.4. The van der Waals surface area contributed by atoms with E-state index in [9.17, 15) is 9.59 Å². The van der Waals surface area contributed by atoms with Gasteiger partial charge in [-0.3, -0.25) is 9.59 Å². The van der Waals surface area contributed by atoms with Gasteiger partial charge in [0.15, 0.2) is 6.61 Å². The Bertz CT molecular complexity index is 967. The van der Waals surface area contributed by atoms with E-state index in [-0.39, 0.29) is 18.4 Å². The molecule has 0 fully saturated rings. The summed E-state index contributed by atoms with van der Waals surface area (Å²) in [5.41, 5.74) is 3.08. The van der Waals surface area contributed by atoms with Crippen LogP contribution in [0.5, 0.6) is 5.75 Å². The van der Waals surface area contributed by atoms with Crippen LogP contribution in [-0.2, 0) is 4.79 Å². The molecule has 1 aromatic heterocycles. The third kappa shape index (κ3) is 5.17. The number of thiazole rings is 1. The first-order valence-electron chi connectivity index (χ1n) is 8.88. The molecule has 0 aliphatic rings. The van der Waals surface area contributed by atoms with Crippen LogP contribution >= 0.6 is 11.3 Å². The van der Waals surface area contributed by atoms with Crippen molar-refractivity contribution in [3.05, 3.63) is 65.2 Å². The van der Waals surface area contributed by atoms with E-state index in [0.717, 1.165) is 10.6 Å². The number of amides is 2. The number of carbonyl (C=O) groups is 2. The molecular weight excluding hydrogens is 374 g/mol. The number of nitrogens with zero attached hydrogens (tertiary/aromatic N) is 1. The zero-order valence-corrected chi connectivity index (χ0v) is 16.5. The van der Waals surface area contributed by atoms with E-state index in [1.165, 1.54) is 16.9 Å². The fourth-order valence-corrected chi connectivity index (χ4v) is 3.27. The Morgan fingerprint density at radius 1 is 1.14 bits per heavy atom. The van der Waals surface area contributed by atoms with Crippen molar-refractivity contribution in [1.29, 1.82) is 0 Å². The van der Waals surface area contributed by atoms with E-state index in [1.54, 1.807) is 29.6 Å². The van der Waals surface area contributed by atoms with Crippen LogP contribution in [0.25, 0.3) is 10.6 Å². The SMILES string of the molecule is CCNC(=O)COc1cccc(NC(=O)c2csc(-c3ccc(C)cc3)n2)c1. The van der Waals surface area contributed by atoms with Crippen molar-refractivity contribution in [3.63, 3.8) is 0 Å². The number of anilines is 1. The van der Waals surface area contributed by atoms with E-state index < -0.39 is 0 Å². The van der Waals surface area contributed by atoms with Crippen molar-refractivity contribution in [2.45, 2.75) is 13.8 Å². The lowest BCUT2D eigenvalue weighted by Crippen LogP contribution is -2.28. The van der Waals surface area contributed by atoms with Crippen molar-refractivity contribution in [2.24, 2.45) is 0 Å². The van der Waals surface area contributed by atoms with Gasteiger partial charge in [0.25, 0.3) is 11.8 Å². The molecule has 0 aliphatic heterocycles. The molecule has 6 nitrogen and oxygen atoms in total. The Labute approximate surface area is 167 Å². The number of carbonyl (C=O) groups excluding carboxylic acids is 2. The fraction of sp³-hybridized carbons (Fsp3) is 0.190. The molecule has 0 saturated heterocycles. The number of likely N-dealkylation sites (N-methyl/N-ethyl adjacent to an activating group) is 1. The highest BCUT2D eigenvalue weighted by molar-refractivity contribution is 7.13. The molecule has 0 spiro atoms. The van der Waals surface area contributed by atoms with Gasteiger partial charge in [-0.15, -0.1) is 11.3 Å². The van der Waals surface area contributed by atoms with Crippen LogP contribution in [-0.4, -0.2) is 29.9 Å². The van der Waals surface area contributed by atoms with E-state index in [0.29, 0.717) is 23.7 Å². The van der Waals surface area contributed by atoms with Crippen LogP contribution in [0.1, 0.15) is 23.0 Å². The molecule has 2 amide bonds. The summed E-state index contributed by atoms with van der Waals surface area (Å²) < 4.78 is 5.44. The van der Waals surface area contributed by atoms with Gasteiger partial charge < -0.3 is 15.4 Å². The maximum atomic E-state index is 12.5. The van der Waals surface area contributed by atoms with E-state index >= 15 is 0 Å². The molecular formula is C21H21N3O3S. The molecule has 0 atom stereocenters. The smallest absolute Gasteiger partial charge is 0.275 e. The molecule has 0 radical (unpaired) electrons. The van der Waals surface area contributed by atoms with E-state index in [1.807, 2.05) is 38.1 Å². The first-order chi connectivity index (χ1) is 13.5. The Balaban J connectivity index is 1.64. The zero-order valence-electron chi connectivity index (χ0n) is 15.7. The maximum absolute atomic E-state index is 12.5. The standard InChI is InChI=1S/C21H21N3O3S/c1-3-22-19(25)12-27-17-6-4-5-16(11-17)23-20(26)18-13-28-21(24-18)15-9-7-14(2)8-10-15/h4-11,13H,3,12H2,1-2H3,(H,22,25)(H,23,26). The molecule has 28 heavy (non-hydrogen) atoms. The van der Waals surface area contributed by atoms with Crippen LogP contribution in [0, 0.1) is 6.92 Å². The minimum atomic E-state index is -0.296. The number of hydrogen-bond donors (Lipinski definition) is 2. The van der Waals surface area contributed by atoms with Gasteiger partial charge in [-0.1, -0.05) is 35.9 Å². The first-order valence-corrected chi connectivity index (χ1v) is 9.76. The fourth-order valence-electron chi connectivity index (χ4n) is 2.46. The van der Waals surface area contributed by atoms with Gasteiger partial charge in [-0.2, -0.15) is 0 Å². The molecule has 3 rings (SSSR count). The van der Waals surface area contributed by atoms with Crippen molar-refractivity contribution in [2.75, 3.05) is 18.5 Å². The van der Waals surface area contributed by atoms with Gasteiger partial charge in [0.05, 0.1) is 0 Å². The van der Waals surface area contributed by atoms with Gasteiger partial charge >= 0.3 is 0 Å². The third-order valence-electron chi connectivity index (χ3n) is 3.87. The molecule has 7 heteroatoms. The normalized spacial score (nSPS) is 10.4. The molecule has 2 aromatic carbocycles. The second kappa shape index (κ2) is 9.14. The lowest BCUT2D eigenvalue weighted by Gasteiger charge is -2.08. The summed E-state index contributed by atoms with van der Waals surface area (Å²) in [6, 6.07) is 14.9. The Morgan fingerprint density at radius 3 is 2.68 bits per heavy atom. The van der Waals surface area contributed by atoms with Crippen LogP contribution in [0.15, 0.2) is 53.9 Å². The Morgan fingerprint density at radius 2 is 1.93 bits per heavy atom. The number of ether oxygens (including phenoxy) is 1. The minimum absolute atomic E-state index is 0.0722. The molecule has 144 valence electrons. The topological polar surface area (TPSA) is 80.3 Å². The Hall–Kier alpha value is -3.19. The van der Waals surface area contributed by atoms with Crippen molar-refractivity contribution >= 4 is 28.8 Å². The largest absolute Gasteiger partial charge is 0.484 e. The van der Waals surface area contributed by atoms with Crippen molar-refractivity contribution in [1.82, 2.24) is 10.3 Å². The van der Waals surface area contributed by atoms with Crippen LogP contribution in [0.2, 0.25) is 0 Å². The molecule has 2 N–H and O–H groups in total. The number of aryl methyl sites for hydroxylation is 1. The summed E-state index contributed by atoms with van der Waals surface area (Å²) in [7, 11) is 0. The highest BCUT2D eigenvalue weighted by atomic mass is 32.1. The van der Waals surface area contributed by atoms with Crippen molar-refractivity contribution < 1.29 is 14.3 Å². The molecule has 3 aromatic rings. The minimum Gasteiger partial charge on any atom is -0.484 e. The first kappa shape index (κ1) is 19.6. The van der Waals surface area contributed by atoms with E-state index in [4.69, 9.17) is 4.74 Å². The van der Waals surface area contributed by atoms with Crippen LogP contribution < -0.4 is 15.4 Å². The highest BCUT2D eigenvalue weighted by Crippen LogP contribution is 2.25. The molecule has 0 aliphatic carbocycles. The summed E-state index contributed by atoms with van der Waals surface area (Å²) in [5, 5.41) is 8.00. The number of nitrogens with one attached hydrogen (secondary N) is 2. The third-order valence-corrected chi connectivity index (χ3v) is 4.76. The molecule has 1 heterocycles. The number of aromatic nitrogens is 1. The highest BCUT2D eigenvalue weighted by Gasteiger charge is 2.12. The quantitative estimate of drug-likeness (QED) is 0.636. The lowest BCUT2D eigenvalue weighted by atomic mass is 10.2.